The second-order valence-corrected chi connectivity index (χ2v) is 17.8. The highest BCUT2D eigenvalue weighted by atomic mass is 16.5. The molecule has 0 aliphatic carbocycles. The van der Waals surface area contributed by atoms with Gasteiger partial charge in [-0.2, -0.15) is 0 Å². The van der Waals surface area contributed by atoms with E-state index in [1.165, 1.54) is 34.5 Å². The van der Waals surface area contributed by atoms with Crippen LogP contribution in [-0.4, -0.2) is 92.6 Å². The summed E-state index contributed by atoms with van der Waals surface area (Å²) in [5.41, 5.74) is 1.74. The maximum absolute atomic E-state index is 14.7. The van der Waals surface area contributed by atoms with Crippen LogP contribution in [-0.2, 0) is 45.1 Å². The fraction of sp³-hybridized carbons (Fsp3) is 0.385. The molecule has 7 N–H and O–H groups in total. The number of hydrogen-bond donors (Lipinski definition) is 7. The number of carbonyl (C=O) groups is 4. The number of aliphatic hydroxyl groups is 1. The van der Waals surface area contributed by atoms with Gasteiger partial charge in [0.05, 0.1) is 47.0 Å². The number of carbonyl (C=O) groups excluding carboxylic acids is 4. The van der Waals surface area contributed by atoms with Crippen molar-refractivity contribution in [2.75, 3.05) is 28.4 Å². The predicted molar refractivity (Wildman–Crippen MR) is 257 cm³/mol. The zero-order chi connectivity index (χ0) is 48.8. The highest BCUT2D eigenvalue weighted by Gasteiger charge is 2.40. The number of fused-ring (bicyclic) bond motifs is 1. The Balaban J connectivity index is 1.47. The van der Waals surface area contributed by atoms with Crippen LogP contribution in [0.15, 0.2) is 103 Å². The molecule has 0 heterocycles. The molecule has 67 heavy (non-hydrogen) atoms. The maximum Gasteiger partial charge on any atom is 0.243 e. The minimum atomic E-state index is -1.63. The van der Waals surface area contributed by atoms with E-state index < -0.39 is 59.3 Å². The number of rotatable bonds is 22. The standard InChI is InChI=1S/C52H65N5O10/c1-31(2)43(49(61)54-29-35-22-24-37(64-6)28-40(35)58)57-50(62)44(53-30-36-23-25-41(65-7)47(67-9)46(36)66-8)45(60)39(26-32-16-11-10-12-17-32)55-51(63)48(52(3,4)5)56-42(59)27-34-20-15-19-33-18-13-14-21-38(33)34/h10-25,28,31,39,43-45,48,53,58,60H,26-27,29-30H2,1-9H3,(H,54,61)(H,55,63)(H,56,59)(H,57,62)/t39-,43-,44+,45-,48+/m0/s1. The molecule has 0 aromatic heterocycles. The molecule has 0 saturated carbocycles. The van der Waals surface area contributed by atoms with Crippen LogP contribution in [0.5, 0.6) is 28.7 Å². The normalized spacial score (nSPS) is 13.7. The Morgan fingerprint density at radius 2 is 1.31 bits per heavy atom. The minimum absolute atomic E-state index is 0.0227. The summed E-state index contributed by atoms with van der Waals surface area (Å²) >= 11 is 0. The van der Waals surface area contributed by atoms with Crippen molar-refractivity contribution in [3.63, 3.8) is 0 Å². The van der Waals surface area contributed by atoms with Crippen LogP contribution < -0.4 is 45.5 Å². The highest BCUT2D eigenvalue weighted by Crippen LogP contribution is 2.40. The maximum atomic E-state index is 14.7. The van der Waals surface area contributed by atoms with Crippen LogP contribution in [0.4, 0.5) is 0 Å². The van der Waals surface area contributed by atoms with Gasteiger partial charge in [0.25, 0.3) is 0 Å². The molecule has 15 nitrogen and oxygen atoms in total. The third-order valence-corrected chi connectivity index (χ3v) is 11.6. The fourth-order valence-electron chi connectivity index (χ4n) is 7.91. The average molecular weight is 920 g/mol. The van der Waals surface area contributed by atoms with Crippen LogP contribution in [0, 0.1) is 11.3 Å². The smallest absolute Gasteiger partial charge is 0.243 e. The lowest BCUT2D eigenvalue weighted by molar-refractivity contribution is -0.135. The van der Waals surface area contributed by atoms with Gasteiger partial charge >= 0.3 is 0 Å². The van der Waals surface area contributed by atoms with Crippen LogP contribution >= 0.6 is 0 Å². The van der Waals surface area contributed by atoms with E-state index in [4.69, 9.17) is 18.9 Å². The predicted octanol–water partition coefficient (Wildman–Crippen LogP) is 5.36. The van der Waals surface area contributed by atoms with E-state index in [-0.39, 0.29) is 37.6 Å². The average Bonchev–Trinajstić information content (AvgIpc) is 3.31. The molecule has 0 aliphatic heterocycles. The van der Waals surface area contributed by atoms with E-state index in [1.54, 1.807) is 38.1 Å². The topological polar surface area (TPSA) is 206 Å². The number of nitrogens with one attached hydrogen (secondary N) is 5. The molecular weight excluding hydrogens is 855 g/mol. The van der Waals surface area contributed by atoms with Crippen LogP contribution in [0.1, 0.15) is 56.9 Å². The van der Waals surface area contributed by atoms with Gasteiger partial charge in [0.15, 0.2) is 11.5 Å². The number of amides is 4. The van der Waals surface area contributed by atoms with Gasteiger partial charge in [0, 0.05) is 30.3 Å². The number of ether oxygens (including phenoxy) is 4. The molecule has 0 saturated heterocycles. The molecule has 15 heteroatoms. The van der Waals surface area contributed by atoms with Gasteiger partial charge in [-0.3, -0.25) is 24.5 Å². The highest BCUT2D eigenvalue weighted by molar-refractivity contribution is 5.93. The lowest BCUT2D eigenvalue weighted by Gasteiger charge is -2.35. The summed E-state index contributed by atoms with van der Waals surface area (Å²) in [5, 5.41) is 39.9. The van der Waals surface area contributed by atoms with E-state index in [2.05, 4.69) is 26.6 Å². The zero-order valence-electron chi connectivity index (χ0n) is 39.8. The molecule has 358 valence electrons. The van der Waals surface area contributed by atoms with Crippen molar-refractivity contribution in [1.29, 1.82) is 0 Å². The number of phenols is 1. The van der Waals surface area contributed by atoms with Crippen LogP contribution in [0.2, 0.25) is 0 Å². The zero-order valence-corrected chi connectivity index (χ0v) is 39.8. The molecule has 0 aliphatic rings. The van der Waals surface area contributed by atoms with Gasteiger partial charge in [0.2, 0.25) is 29.4 Å². The summed E-state index contributed by atoms with van der Waals surface area (Å²) in [4.78, 5) is 57.0. The first-order valence-corrected chi connectivity index (χ1v) is 22.2. The van der Waals surface area contributed by atoms with Crippen molar-refractivity contribution in [2.24, 2.45) is 11.3 Å². The Morgan fingerprint density at radius 1 is 0.642 bits per heavy atom. The number of benzene rings is 5. The van der Waals surface area contributed by atoms with E-state index in [1.807, 2.05) is 93.6 Å². The first-order chi connectivity index (χ1) is 32.0. The molecule has 5 aromatic carbocycles. The number of aromatic hydroxyl groups is 1. The van der Waals surface area contributed by atoms with Crippen molar-refractivity contribution in [2.45, 2.75) is 90.8 Å². The van der Waals surface area contributed by atoms with Gasteiger partial charge in [-0.1, -0.05) is 113 Å². The molecule has 0 bridgehead atoms. The van der Waals surface area contributed by atoms with Crippen molar-refractivity contribution >= 4 is 34.4 Å². The third-order valence-electron chi connectivity index (χ3n) is 11.6. The van der Waals surface area contributed by atoms with Crippen LogP contribution in [0.3, 0.4) is 0 Å². The van der Waals surface area contributed by atoms with Gasteiger partial charge < -0.3 is 50.4 Å². The first-order valence-electron chi connectivity index (χ1n) is 22.2. The molecule has 5 aromatic rings. The van der Waals surface area contributed by atoms with Crippen LogP contribution in [0.25, 0.3) is 10.8 Å². The molecule has 0 unspecified atom stereocenters. The van der Waals surface area contributed by atoms with Gasteiger partial charge in [0.1, 0.15) is 29.6 Å². The van der Waals surface area contributed by atoms with Gasteiger partial charge in [-0.05, 0) is 57.9 Å². The molecule has 0 radical (unpaired) electrons. The Labute approximate surface area is 392 Å². The Bertz CT molecular complexity index is 2470. The van der Waals surface area contributed by atoms with E-state index >= 15 is 0 Å². The quantitative estimate of drug-likeness (QED) is 0.0471. The second kappa shape index (κ2) is 23.6. The number of hydrogen-bond acceptors (Lipinski definition) is 11. The molecule has 5 rings (SSSR count). The lowest BCUT2D eigenvalue weighted by Crippen LogP contribution is -2.64. The summed E-state index contributed by atoms with van der Waals surface area (Å²) in [5.74, 6) is -1.22. The number of phenolic OH excluding ortho intramolecular Hbond substituents is 1. The van der Waals surface area contributed by atoms with Gasteiger partial charge in [-0.15, -0.1) is 0 Å². The van der Waals surface area contributed by atoms with Crippen molar-refractivity contribution in [3.05, 3.63) is 125 Å². The Kier molecular flexibility index (Phi) is 18.0. The van der Waals surface area contributed by atoms with Gasteiger partial charge in [-0.25, -0.2) is 0 Å². The van der Waals surface area contributed by atoms with Crippen molar-refractivity contribution < 1.29 is 48.3 Å². The Morgan fingerprint density at radius 3 is 1.96 bits per heavy atom. The van der Waals surface area contributed by atoms with Crippen molar-refractivity contribution in [3.8, 4) is 28.7 Å². The summed E-state index contributed by atoms with van der Waals surface area (Å²) < 4.78 is 22.0. The first kappa shape index (κ1) is 51.1. The summed E-state index contributed by atoms with van der Waals surface area (Å²) in [7, 11) is 5.91. The number of aliphatic hydroxyl groups excluding tert-OH is 1. The largest absolute Gasteiger partial charge is 0.507 e. The van der Waals surface area contributed by atoms with E-state index in [0.717, 1.165) is 21.9 Å². The third kappa shape index (κ3) is 13.4. The van der Waals surface area contributed by atoms with E-state index in [0.29, 0.717) is 34.1 Å². The lowest BCUT2D eigenvalue weighted by atomic mass is 9.85. The minimum Gasteiger partial charge on any atom is -0.507 e. The van der Waals surface area contributed by atoms with Crippen molar-refractivity contribution in [1.82, 2.24) is 26.6 Å². The molecule has 0 fully saturated rings. The monoisotopic (exact) mass is 919 g/mol. The molecule has 0 spiro atoms. The number of methoxy groups -OCH3 is 4. The summed E-state index contributed by atoms with van der Waals surface area (Å²) in [6, 6.07) is 26.1. The Hall–Kier alpha value is -6.84. The summed E-state index contributed by atoms with van der Waals surface area (Å²) in [6.45, 7) is 8.94. The second-order valence-electron chi connectivity index (χ2n) is 17.8. The van der Waals surface area contributed by atoms with E-state index in [9.17, 15) is 29.4 Å². The molecule has 4 amide bonds. The fourth-order valence-corrected chi connectivity index (χ4v) is 7.91. The SMILES string of the molecule is COc1ccc(CNC(=O)[C@@H](NC(=O)[C@H](NCc2ccc(OC)c(OC)c2OC)[C@@H](O)[C@H](Cc2ccccc2)NC(=O)[C@@H](NC(=O)Cc2cccc3ccccc23)C(C)(C)C)C(C)C)c(O)c1. The summed E-state index contributed by atoms with van der Waals surface area (Å²) in [6.07, 6.45) is -1.52. The molecular formula is C52H65N5O10. The molecule has 5 atom stereocenters.